The number of thioether (sulfide) groups is 1. The maximum atomic E-state index is 5.71. The summed E-state index contributed by atoms with van der Waals surface area (Å²) in [5.74, 6) is 2.96. The van der Waals surface area contributed by atoms with Crippen LogP contribution in [0.15, 0.2) is 18.2 Å². The number of hydrogen-bond donors (Lipinski definition) is 0. The minimum absolute atomic E-state index is 0.330. The van der Waals surface area contributed by atoms with Gasteiger partial charge in [0.1, 0.15) is 0 Å². The average Bonchev–Trinajstić information content (AvgIpc) is 2.93. The van der Waals surface area contributed by atoms with Gasteiger partial charge in [-0.1, -0.05) is 25.3 Å². The lowest BCUT2D eigenvalue weighted by Gasteiger charge is -2.05. The molecule has 1 aromatic carbocycles. The molecule has 0 unspecified atom stereocenters. The highest BCUT2D eigenvalue weighted by Crippen LogP contribution is 2.32. The van der Waals surface area contributed by atoms with Crippen LogP contribution in [0.25, 0.3) is 0 Å². The first-order chi connectivity index (χ1) is 9.90. The largest absolute Gasteiger partial charge is 0.454 e. The van der Waals surface area contributed by atoms with E-state index in [0.29, 0.717) is 13.4 Å². The Morgan fingerprint density at radius 3 is 2.75 bits per heavy atom. The second-order valence-corrected chi connectivity index (χ2v) is 5.99. The first-order valence-electron chi connectivity index (χ1n) is 7.35. The summed E-state index contributed by atoms with van der Waals surface area (Å²) in [6.07, 6.45) is 8.62. The fourth-order valence-electron chi connectivity index (χ4n) is 2.20. The summed E-state index contributed by atoms with van der Waals surface area (Å²) >= 11 is 1.94. The monoisotopic (exact) mass is 296 g/mol. The lowest BCUT2D eigenvalue weighted by molar-refractivity contribution is 0.116. The summed E-state index contributed by atoms with van der Waals surface area (Å²) in [5.41, 5.74) is 1.15. The van der Waals surface area contributed by atoms with Crippen molar-refractivity contribution in [2.24, 2.45) is 0 Å². The van der Waals surface area contributed by atoms with Gasteiger partial charge in [-0.15, -0.1) is 0 Å². The molecule has 0 aliphatic carbocycles. The fourth-order valence-corrected chi connectivity index (χ4v) is 2.69. The Morgan fingerprint density at radius 2 is 1.85 bits per heavy atom. The van der Waals surface area contributed by atoms with Gasteiger partial charge in [-0.25, -0.2) is 0 Å². The van der Waals surface area contributed by atoms with E-state index in [4.69, 9.17) is 14.2 Å². The number of hydrogen-bond acceptors (Lipinski definition) is 4. The van der Waals surface area contributed by atoms with Gasteiger partial charge in [0.05, 0.1) is 6.61 Å². The molecule has 3 nitrogen and oxygen atoms in total. The summed E-state index contributed by atoms with van der Waals surface area (Å²) in [6, 6.07) is 5.99. The van der Waals surface area contributed by atoms with E-state index in [-0.39, 0.29) is 0 Å². The van der Waals surface area contributed by atoms with E-state index in [1.165, 1.54) is 31.4 Å². The minimum Gasteiger partial charge on any atom is -0.454 e. The predicted octanol–water partition coefficient (Wildman–Crippen LogP) is 4.25. The maximum absolute atomic E-state index is 5.71. The van der Waals surface area contributed by atoms with Crippen molar-refractivity contribution in [2.45, 2.75) is 38.7 Å². The van der Waals surface area contributed by atoms with Crippen LogP contribution in [-0.2, 0) is 11.3 Å². The van der Waals surface area contributed by atoms with E-state index in [9.17, 15) is 0 Å². The van der Waals surface area contributed by atoms with E-state index in [1.54, 1.807) is 0 Å². The molecule has 4 heteroatoms. The zero-order valence-electron chi connectivity index (χ0n) is 12.2. The number of ether oxygens (including phenoxy) is 3. The van der Waals surface area contributed by atoms with Crippen molar-refractivity contribution < 1.29 is 14.2 Å². The molecular weight excluding hydrogens is 272 g/mol. The van der Waals surface area contributed by atoms with Crippen LogP contribution in [0.3, 0.4) is 0 Å². The molecule has 20 heavy (non-hydrogen) atoms. The summed E-state index contributed by atoms with van der Waals surface area (Å²) in [6.45, 7) is 1.83. The molecule has 112 valence electrons. The van der Waals surface area contributed by atoms with Gasteiger partial charge in [0.25, 0.3) is 0 Å². The van der Waals surface area contributed by atoms with Crippen molar-refractivity contribution in [1.82, 2.24) is 0 Å². The fraction of sp³-hybridized carbons (Fsp3) is 0.625. The molecule has 0 N–H and O–H groups in total. The van der Waals surface area contributed by atoms with Gasteiger partial charge in [0, 0.05) is 6.61 Å². The van der Waals surface area contributed by atoms with Crippen molar-refractivity contribution >= 4 is 11.8 Å². The molecule has 0 fully saturated rings. The molecule has 1 aliphatic heterocycles. The second-order valence-electron chi connectivity index (χ2n) is 5.00. The number of benzene rings is 1. The Morgan fingerprint density at radius 1 is 1.05 bits per heavy atom. The normalized spacial score (nSPS) is 12.8. The van der Waals surface area contributed by atoms with Crippen molar-refractivity contribution in [3.63, 3.8) is 0 Å². The Bertz CT molecular complexity index is 395. The topological polar surface area (TPSA) is 27.7 Å². The molecule has 0 aromatic heterocycles. The number of fused-ring (bicyclic) bond motifs is 1. The molecule has 0 bridgehead atoms. The van der Waals surface area contributed by atoms with Crippen LogP contribution in [0.1, 0.15) is 37.7 Å². The van der Waals surface area contributed by atoms with Crippen molar-refractivity contribution in [3.05, 3.63) is 23.8 Å². The van der Waals surface area contributed by atoms with Crippen LogP contribution in [-0.4, -0.2) is 25.4 Å². The van der Waals surface area contributed by atoms with Crippen LogP contribution >= 0.6 is 11.8 Å². The molecule has 1 aromatic rings. The Hall–Kier alpha value is -0.870. The zero-order valence-corrected chi connectivity index (χ0v) is 13.0. The molecule has 0 atom stereocenters. The third-order valence-corrected chi connectivity index (χ3v) is 4.04. The first-order valence-corrected chi connectivity index (χ1v) is 8.75. The molecule has 0 saturated heterocycles. The Labute approximate surface area is 126 Å². The summed E-state index contributed by atoms with van der Waals surface area (Å²) < 4.78 is 16.3. The van der Waals surface area contributed by atoms with Crippen LogP contribution < -0.4 is 9.47 Å². The van der Waals surface area contributed by atoms with Gasteiger partial charge >= 0.3 is 0 Å². The van der Waals surface area contributed by atoms with E-state index in [2.05, 4.69) is 6.26 Å². The smallest absolute Gasteiger partial charge is 0.231 e. The minimum atomic E-state index is 0.330. The molecule has 0 amide bonds. The van der Waals surface area contributed by atoms with E-state index >= 15 is 0 Å². The second kappa shape index (κ2) is 9.14. The van der Waals surface area contributed by atoms with Gasteiger partial charge in [-0.05, 0) is 42.5 Å². The molecule has 1 aliphatic rings. The Balaban J connectivity index is 1.51. The summed E-state index contributed by atoms with van der Waals surface area (Å²) in [4.78, 5) is 0. The first kappa shape index (κ1) is 15.5. The van der Waals surface area contributed by atoms with Crippen LogP contribution in [0.5, 0.6) is 11.5 Å². The maximum Gasteiger partial charge on any atom is 0.231 e. The third-order valence-electron chi connectivity index (χ3n) is 3.34. The van der Waals surface area contributed by atoms with Crippen LogP contribution in [0, 0.1) is 0 Å². The van der Waals surface area contributed by atoms with Crippen molar-refractivity contribution in [2.75, 3.05) is 25.4 Å². The van der Waals surface area contributed by atoms with E-state index in [0.717, 1.165) is 30.1 Å². The summed E-state index contributed by atoms with van der Waals surface area (Å²) in [5, 5.41) is 0. The highest BCUT2D eigenvalue weighted by atomic mass is 32.2. The lowest BCUT2D eigenvalue weighted by atomic mass is 10.2. The zero-order chi connectivity index (χ0) is 14.0. The van der Waals surface area contributed by atoms with Gasteiger partial charge in [-0.3, -0.25) is 0 Å². The van der Waals surface area contributed by atoms with E-state index < -0.39 is 0 Å². The summed E-state index contributed by atoms with van der Waals surface area (Å²) in [7, 11) is 0. The molecule has 0 radical (unpaired) electrons. The quantitative estimate of drug-likeness (QED) is 0.603. The predicted molar refractivity (Wildman–Crippen MR) is 83.7 cm³/mol. The molecule has 2 rings (SSSR count). The molecule has 0 spiro atoms. The Kier molecular flexibility index (Phi) is 7.09. The van der Waals surface area contributed by atoms with Gasteiger partial charge < -0.3 is 14.2 Å². The van der Waals surface area contributed by atoms with E-state index in [1.807, 2.05) is 30.0 Å². The molecule has 0 saturated carbocycles. The molecular formula is C16H24O3S. The number of rotatable bonds is 10. The van der Waals surface area contributed by atoms with Gasteiger partial charge in [0.2, 0.25) is 6.79 Å². The third kappa shape index (κ3) is 5.25. The highest BCUT2D eigenvalue weighted by molar-refractivity contribution is 7.98. The lowest BCUT2D eigenvalue weighted by Crippen LogP contribution is -1.96. The van der Waals surface area contributed by atoms with Crippen molar-refractivity contribution in [3.8, 4) is 11.5 Å². The van der Waals surface area contributed by atoms with Crippen molar-refractivity contribution in [1.29, 1.82) is 0 Å². The number of unbranched alkanes of at least 4 members (excludes halogenated alkanes) is 4. The average molecular weight is 296 g/mol. The van der Waals surface area contributed by atoms with Crippen LogP contribution in [0.4, 0.5) is 0 Å². The molecule has 1 heterocycles. The highest BCUT2D eigenvalue weighted by Gasteiger charge is 2.12. The van der Waals surface area contributed by atoms with Gasteiger partial charge in [-0.2, -0.15) is 11.8 Å². The standard InChI is InChI=1S/C16H24O3S/c1-20-10-6-4-2-3-5-9-17-12-14-7-8-15-16(11-14)19-13-18-15/h7-8,11H,2-6,9-10,12-13H2,1H3. The van der Waals surface area contributed by atoms with Gasteiger partial charge in [0.15, 0.2) is 11.5 Å². The van der Waals surface area contributed by atoms with Crippen LogP contribution in [0.2, 0.25) is 0 Å². The SMILES string of the molecule is CSCCCCCCCOCc1ccc2c(c1)OCO2.